The summed E-state index contributed by atoms with van der Waals surface area (Å²) in [6, 6.07) is 7.29. The Hall–Kier alpha value is -1.96. The van der Waals surface area contributed by atoms with Gasteiger partial charge in [-0.15, -0.1) is 0 Å². The zero-order valence-corrected chi connectivity index (χ0v) is 14.5. The highest BCUT2D eigenvalue weighted by atomic mass is 35.5. The van der Waals surface area contributed by atoms with Crippen molar-refractivity contribution in [3.05, 3.63) is 35.2 Å². The molecular formula is C17H19ClN4O3. The van der Waals surface area contributed by atoms with E-state index in [1.807, 2.05) is 12.1 Å². The molecule has 0 radical (unpaired) electrons. The lowest BCUT2D eigenvalue weighted by Gasteiger charge is -2.35. The normalized spacial score (nSPS) is 22.3. The van der Waals surface area contributed by atoms with Crippen molar-refractivity contribution in [1.29, 1.82) is 0 Å². The zero-order valence-electron chi connectivity index (χ0n) is 13.7. The fourth-order valence-electron chi connectivity index (χ4n) is 3.28. The number of benzene rings is 1. The maximum atomic E-state index is 11.7. The molecule has 2 aliphatic rings. The van der Waals surface area contributed by atoms with Crippen molar-refractivity contribution in [3.63, 3.8) is 0 Å². The summed E-state index contributed by atoms with van der Waals surface area (Å²) in [5.41, 5.74) is 0.879. The van der Waals surface area contributed by atoms with Crippen LogP contribution in [0, 0.1) is 0 Å². The number of esters is 1. The maximum Gasteiger partial charge on any atom is 0.323 e. The molecule has 25 heavy (non-hydrogen) atoms. The molecule has 3 heterocycles. The molecule has 8 heteroatoms. The van der Waals surface area contributed by atoms with Crippen molar-refractivity contribution < 1.29 is 14.1 Å². The second-order valence-electron chi connectivity index (χ2n) is 6.30. The van der Waals surface area contributed by atoms with Crippen molar-refractivity contribution in [1.82, 2.24) is 19.9 Å². The first-order valence-electron chi connectivity index (χ1n) is 8.40. The molecule has 1 unspecified atom stereocenters. The van der Waals surface area contributed by atoms with Crippen LogP contribution in [0.4, 0.5) is 0 Å². The van der Waals surface area contributed by atoms with Crippen molar-refractivity contribution in [2.75, 3.05) is 32.8 Å². The second kappa shape index (κ2) is 7.11. The van der Waals surface area contributed by atoms with Gasteiger partial charge in [0.2, 0.25) is 11.7 Å². The van der Waals surface area contributed by atoms with Crippen molar-refractivity contribution >= 4 is 17.6 Å². The van der Waals surface area contributed by atoms with E-state index in [1.165, 1.54) is 0 Å². The average Bonchev–Trinajstić information content (AvgIpc) is 3.26. The minimum atomic E-state index is -0.0852. The van der Waals surface area contributed by atoms with Gasteiger partial charge in [0.25, 0.3) is 0 Å². The minimum Gasteiger partial charge on any atom is -0.464 e. The monoisotopic (exact) mass is 362 g/mol. The lowest BCUT2D eigenvalue weighted by Crippen LogP contribution is -2.51. The van der Waals surface area contributed by atoms with Gasteiger partial charge in [-0.25, -0.2) is 0 Å². The molecule has 132 valence electrons. The summed E-state index contributed by atoms with van der Waals surface area (Å²) in [6.07, 6.45) is 0.799. The van der Waals surface area contributed by atoms with E-state index in [0.717, 1.165) is 38.2 Å². The smallest absolute Gasteiger partial charge is 0.323 e. The van der Waals surface area contributed by atoms with Gasteiger partial charge in [-0.2, -0.15) is 4.98 Å². The number of aromatic nitrogens is 2. The number of ether oxygens (including phenoxy) is 1. The average molecular weight is 363 g/mol. The van der Waals surface area contributed by atoms with Gasteiger partial charge in [-0.3, -0.25) is 14.6 Å². The third-order valence-corrected chi connectivity index (χ3v) is 4.94. The number of rotatable bonds is 4. The molecule has 0 amide bonds. The van der Waals surface area contributed by atoms with Crippen LogP contribution in [0.3, 0.4) is 0 Å². The first-order chi connectivity index (χ1) is 12.2. The summed E-state index contributed by atoms with van der Waals surface area (Å²) in [5, 5.41) is 4.72. The van der Waals surface area contributed by atoms with Gasteiger partial charge in [0.05, 0.1) is 13.2 Å². The number of cyclic esters (lactones) is 1. The molecule has 2 fully saturated rings. The van der Waals surface area contributed by atoms with Crippen LogP contribution in [-0.4, -0.2) is 64.7 Å². The molecule has 0 N–H and O–H groups in total. The summed E-state index contributed by atoms with van der Waals surface area (Å²) in [6.45, 7) is 4.57. The van der Waals surface area contributed by atoms with Crippen molar-refractivity contribution in [2.24, 2.45) is 0 Å². The van der Waals surface area contributed by atoms with Crippen LogP contribution < -0.4 is 0 Å². The topological polar surface area (TPSA) is 71.7 Å². The number of hydrogen-bond acceptors (Lipinski definition) is 7. The molecule has 0 bridgehead atoms. The highest BCUT2D eigenvalue weighted by molar-refractivity contribution is 6.30. The van der Waals surface area contributed by atoms with E-state index in [9.17, 15) is 4.79 Å². The highest BCUT2D eigenvalue weighted by Gasteiger charge is 2.34. The third kappa shape index (κ3) is 3.68. The van der Waals surface area contributed by atoms with Gasteiger partial charge < -0.3 is 9.26 Å². The first-order valence-corrected chi connectivity index (χ1v) is 8.78. The van der Waals surface area contributed by atoms with Crippen LogP contribution in [0.5, 0.6) is 0 Å². The molecule has 2 saturated heterocycles. The van der Waals surface area contributed by atoms with Gasteiger partial charge in [-0.05, 0) is 24.3 Å². The number of piperazine rings is 1. The van der Waals surface area contributed by atoms with Crippen molar-refractivity contribution in [3.8, 4) is 11.4 Å². The standard InChI is InChI=1S/C17H19ClN4O3/c18-13-3-1-12(2-4-13)16-19-15(25-20-16)11-21-6-8-22(9-7-21)14-5-10-24-17(14)23/h1-4,14H,5-11H2. The summed E-state index contributed by atoms with van der Waals surface area (Å²) >= 11 is 5.90. The molecule has 0 spiro atoms. The van der Waals surface area contributed by atoms with Crippen LogP contribution in [0.1, 0.15) is 12.3 Å². The molecule has 2 aromatic rings. The van der Waals surface area contributed by atoms with E-state index in [1.54, 1.807) is 12.1 Å². The fourth-order valence-corrected chi connectivity index (χ4v) is 3.40. The van der Waals surface area contributed by atoms with Gasteiger partial charge >= 0.3 is 5.97 Å². The molecule has 2 aliphatic heterocycles. The number of hydrogen-bond donors (Lipinski definition) is 0. The van der Waals surface area contributed by atoms with Gasteiger partial charge in [0, 0.05) is 43.2 Å². The van der Waals surface area contributed by atoms with E-state index in [2.05, 4.69) is 19.9 Å². The SMILES string of the molecule is O=C1OCCC1N1CCN(Cc2nc(-c3ccc(Cl)cc3)no2)CC1. The summed E-state index contributed by atoms with van der Waals surface area (Å²) < 4.78 is 10.4. The Morgan fingerprint density at radius 1 is 1.16 bits per heavy atom. The fraction of sp³-hybridized carbons (Fsp3) is 0.471. The molecule has 0 aliphatic carbocycles. The van der Waals surface area contributed by atoms with Crippen LogP contribution in [0.25, 0.3) is 11.4 Å². The Labute approximate surface area is 150 Å². The third-order valence-electron chi connectivity index (χ3n) is 4.68. The number of nitrogens with zero attached hydrogens (tertiary/aromatic N) is 4. The first kappa shape index (κ1) is 16.5. The van der Waals surface area contributed by atoms with Crippen LogP contribution in [0.15, 0.2) is 28.8 Å². The Morgan fingerprint density at radius 2 is 1.92 bits per heavy atom. The largest absolute Gasteiger partial charge is 0.464 e. The Kier molecular flexibility index (Phi) is 4.70. The van der Waals surface area contributed by atoms with Gasteiger partial charge in [0.1, 0.15) is 6.04 Å². The molecule has 0 saturated carbocycles. The summed E-state index contributed by atoms with van der Waals surface area (Å²) in [7, 11) is 0. The predicted octanol–water partition coefficient (Wildman–Crippen LogP) is 1.82. The van der Waals surface area contributed by atoms with Crippen molar-refractivity contribution in [2.45, 2.75) is 19.0 Å². The number of halogens is 1. The lowest BCUT2D eigenvalue weighted by molar-refractivity contribution is -0.142. The van der Waals surface area contributed by atoms with E-state index >= 15 is 0 Å². The van der Waals surface area contributed by atoms with Gasteiger partial charge in [0.15, 0.2) is 0 Å². The van der Waals surface area contributed by atoms with Crippen LogP contribution in [-0.2, 0) is 16.1 Å². The Balaban J connectivity index is 1.33. The Morgan fingerprint density at radius 3 is 2.60 bits per heavy atom. The predicted molar refractivity (Wildman–Crippen MR) is 91.0 cm³/mol. The minimum absolute atomic E-state index is 0.0675. The molecule has 1 atom stereocenters. The second-order valence-corrected chi connectivity index (χ2v) is 6.74. The van der Waals surface area contributed by atoms with Gasteiger partial charge in [-0.1, -0.05) is 16.8 Å². The van der Waals surface area contributed by atoms with E-state index in [0.29, 0.717) is 29.9 Å². The summed E-state index contributed by atoms with van der Waals surface area (Å²) in [5.74, 6) is 1.08. The zero-order chi connectivity index (χ0) is 17.2. The van der Waals surface area contributed by atoms with E-state index in [4.69, 9.17) is 20.9 Å². The molecule has 4 rings (SSSR count). The molecule has 7 nitrogen and oxygen atoms in total. The number of carbonyl (C=O) groups is 1. The molecule has 1 aromatic carbocycles. The van der Waals surface area contributed by atoms with E-state index in [-0.39, 0.29) is 12.0 Å². The van der Waals surface area contributed by atoms with Crippen LogP contribution >= 0.6 is 11.6 Å². The maximum absolute atomic E-state index is 11.7. The summed E-state index contributed by atoms with van der Waals surface area (Å²) in [4.78, 5) is 20.6. The van der Waals surface area contributed by atoms with Crippen LogP contribution in [0.2, 0.25) is 5.02 Å². The highest BCUT2D eigenvalue weighted by Crippen LogP contribution is 2.20. The Bertz CT molecular complexity index is 741. The van der Waals surface area contributed by atoms with E-state index < -0.39 is 0 Å². The quantitative estimate of drug-likeness (QED) is 0.768. The lowest BCUT2D eigenvalue weighted by atomic mass is 10.2. The molecular weight excluding hydrogens is 344 g/mol. The number of carbonyl (C=O) groups excluding carboxylic acids is 1. The molecule has 1 aromatic heterocycles.